The van der Waals surface area contributed by atoms with Crippen molar-refractivity contribution in [2.75, 3.05) is 31.2 Å². The molecular weight excluding hydrogens is 260 g/mol. The minimum Gasteiger partial charge on any atom is -0.378 e. The number of benzene rings is 1. The fourth-order valence-electron chi connectivity index (χ4n) is 3.17. The smallest absolute Gasteiger partial charge is 0.0643 e. The molecule has 1 saturated heterocycles. The molecule has 0 spiro atoms. The number of anilines is 1. The molecule has 0 radical (unpaired) electrons. The predicted octanol–water partition coefficient (Wildman–Crippen LogP) is 2.90. The first-order valence-electron chi connectivity index (χ1n) is 7.11. The molecule has 104 valence electrons. The molecule has 0 atom stereocenters. The van der Waals surface area contributed by atoms with Gasteiger partial charge < -0.3 is 15.4 Å². The van der Waals surface area contributed by atoms with E-state index in [-0.39, 0.29) is 5.54 Å². The van der Waals surface area contributed by atoms with Gasteiger partial charge in [-0.25, -0.2) is 0 Å². The lowest BCUT2D eigenvalue weighted by Crippen LogP contribution is -2.37. The van der Waals surface area contributed by atoms with Crippen molar-refractivity contribution in [2.24, 2.45) is 5.73 Å². The minimum absolute atomic E-state index is 0.160. The number of nitrogens with zero attached hydrogens (tertiary/aromatic N) is 1. The summed E-state index contributed by atoms with van der Waals surface area (Å²) in [5.41, 5.74) is 8.62. The molecular formula is C15H21ClN2O. The van der Waals surface area contributed by atoms with Crippen molar-refractivity contribution in [3.8, 4) is 0 Å². The van der Waals surface area contributed by atoms with E-state index in [2.05, 4.69) is 23.1 Å². The van der Waals surface area contributed by atoms with Crippen LogP contribution < -0.4 is 10.6 Å². The Balaban J connectivity index is 1.85. The molecule has 0 amide bonds. The zero-order valence-electron chi connectivity index (χ0n) is 11.2. The van der Waals surface area contributed by atoms with Gasteiger partial charge in [0.1, 0.15) is 0 Å². The topological polar surface area (TPSA) is 38.5 Å². The standard InChI is InChI=1S/C15H21ClN2O/c16-13-11-12(15(17)5-1-2-6-15)3-4-14(13)18-7-9-19-10-8-18/h3-4,11H,1-2,5-10,17H2. The molecule has 0 bridgehead atoms. The number of rotatable bonds is 2. The second-order valence-corrected chi connectivity index (χ2v) is 6.04. The molecule has 1 aromatic carbocycles. The zero-order chi connectivity index (χ0) is 13.3. The van der Waals surface area contributed by atoms with Gasteiger partial charge in [0, 0.05) is 18.6 Å². The van der Waals surface area contributed by atoms with Crippen LogP contribution in [0.15, 0.2) is 18.2 Å². The summed E-state index contributed by atoms with van der Waals surface area (Å²) in [5.74, 6) is 0. The van der Waals surface area contributed by atoms with Crippen LogP contribution >= 0.6 is 11.6 Å². The normalized spacial score (nSPS) is 22.7. The molecule has 3 nitrogen and oxygen atoms in total. The maximum Gasteiger partial charge on any atom is 0.0643 e. The van der Waals surface area contributed by atoms with Crippen molar-refractivity contribution >= 4 is 17.3 Å². The van der Waals surface area contributed by atoms with Gasteiger partial charge in [-0.2, -0.15) is 0 Å². The van der Waals surface area contributed by atoms with E-state index in [1.807, 2.05) is 0 Å². The van der Waals surface area contributed by atoms with Gasteiger partial charge in [-0.1, -0.05) is 30.5 Å². The van der Waals surface area contributed by atoms with E-state index in [1.165, 1.54) is 18.4 Å². The van der Waals surface area contributed by atoms with E-state index < -0.39 is 0 Å². The molecule has 1 aliphatic heterocycles. The van der Waals surface area contributed by atoms with Crippen molar-refractivity contribution in [3.05, 3.63) is 28.8 Å². The third kappa shape index (κ3) is 2.60. The van der Waals surface area contributed by atoms with E-state index in [4.69, 9.17) is 22.1 Å². The summed E-state index contributed by atoms with van der Waals surface area (Å²) < 4.78 is 5.38. The van der Waals surface area contributed by atoms with Gasteiger partial charge in [0.05, 0.1) is 23.9 Å². The Kier molecular flexibility index (Phi) is 3.70. The quantitative estimate of drug-likeness (QED) is 0.905. The lowest BCUT2D eigenvalue weighted by atomic mass is 9.89. The highest BCUT2D eigenvalue weighted by atomic mass is 35.5. The van der Waals surface area contributed by atoms with Crippen LogP contribution in [0, 0.1) is 0 Å². The Morgan fingerprint density at radius 2 is 1.84 bits per heavy atom. The molecule has 0 unspecified atom stereocenters. The van der Waals surface area contributed by atoms with Gasteiger partial charge in [0.25, 0.3) is 0 Å². The first kappa shape index (κ1) is 13.2. The third-order valence-electron chi connectivity index (χ3n) is 4.37. The van der Waals surface area contributed by atoms with Gasteiger partial charge in [0.15, 0.2) is 0 Å². The van der Waals surface area contributed by atoms with Crippen LogP contribution in [-0.4, -0.2) is 26.3 Å². The number of hydrogen-bond acceptors (Lipinski definition) is 3. The molecule has 0 aromatic heterocycles. The fraction of sp³-hybridized carbons (Fsp3) is 0.600. The van der Waals surface area contributed by atoms with Crippen LogP contribution in [0.25, 0.3) is 0 Å². The third-order valence-corrected chi connectivity index (χ3v) is 4.67. The van der Waals surface area contributed by atoms with E-state index in [1.54, 1.807) is 0 Å². The van der Waals surface area contributed by atoms with E-state index in [9.17, 15) is 0 Å². The lowest BCUT2D eigenvalue weighted by Gasteiger charge is -2.31. The van der Waals surface area contributed by atoms with E-state index >= 15 is 0 Å². The second kappa shape index (κ2) is 5.31. The zero-order valence-corrected chi connectivity index (χ0v) is 12.0. The summed E-state index contributed by atoms with van der Waals surface area (Å²) in [6.45, 7) is 3.37. The number of nitrogens with two attached hydrogens (primary N) is 1. The van der Waals surface area contributed by atoms with Crippen LogP contribution in [0.1, 0.15) is 31.2 Å². The van der Waals surface area contributed by atoms with Gasteiger partial charge in [-0.3, -0.25) is 0 Å². The Hall–Kier alpha value is -0.770. The molecule has 1 aliphatic carbocycles. The summed E-state index contributed by atoms with van der Waals surface area (Å²) in [6.07, 6.45) is 4.58. The summed E-state index contributed by atoms with van der Waals surface area (Å²) in [6, 6.07) is 6.34. The molecule has 1 heterocycles. The van der Waals surface area contributed by atoms with Crippen molar-refractivity contribution in [3.63, 3.8) is 0 Å². The molecule has 1 aromatic rings. The van der Waals surface area contributed by atoms with Gasteiger partial charge >= 0.3 is 0 Å². The van der Waals surface area contributed by atoms with Crippen LogP contribution in [0.3, 0.4) is 0 Å². The van der Waals surface area contributed by atoms with Crippen molar-refractivity contribution < 1.29 is 4.74 Å². The van der Waals surface area contributed by atoms with Gasteiger partial charge in [-0.05, 0) is 30.5 Å². The number of halogens is 1. The van der Waals surface area contributed by atoms with Crippen LogP contribution in [0.5, 0.6) is 0 Å². The van der Waals surface area contributed by atoms with E-state index in [0.717, 1.165) is 49.9 Å². The summed E-state index contributed by atoms with van der Waals surface area (Å²) in [4.78, 5) is 2.29. The Morgan fingerprint density at radius 1 is 1.16 bits per heavy atom. The average Bonchev–Trinajstić information content (AvgIpc) is 2.88. The first-order chi connectivity index (χ1) is 9.19. The summed E-state index contributed by atoms with van der Waals surface area (Å²) in [7, 11) is 0. The van der Waals surface area contributed by atoms with Crippen LogP contribution in [0.4, 0.5) is 5.69 Å². The number of ether oxygens (including phenoxy) is 1. The van der Waals surface area contributed by atoms with Crippen LogP contribution in [-0.2, 0) is 10.3 Å². The maximum atomic E-state index is 6.49. The van der Waals surface area contributed by atoms with Gasteiger partial charge in [0.2, 0.25) is 0 Å². The molecule has 2 aliphatic rings. The largest absolute Gasteiger partial charge is 0.378 e. The monoisotopic (exact) mass is 280 g/mol. The molecule has 3 rings (SSSR count). The fourth-order valence-corrected chi connectivity index (χ4v) is 3.47. The Morgan fingerprint density at radius 3 is 2.47 bits per heavy atom. The predicted molar refractivity (Wildman–Crippen MR) is 78.8 cm³/mol. The minimum atomic E-state index is -0.160. The summed E-state index contributed by atoms with van der Waals surface area (Å²) in [5, 5.41) is 0.816. The van der Waals surface area contributed by atoms with Gasteiger partial charge in [-0.15, -0.1) is 0 Å². The lowest BCUT2D eigenvalue weighted by molar-refractivity contribution is 0.122. The molecule has 2 fully saturated rings. The molecule has 4 heteroatoms. The maximum absolute atomic E-state index is 6.49. The first-order valence-corrected chi connectivity index (χ1v) is 7.48. The number of morpholine rings is 1. The highest BCUT2D eigenvalue weighted by Crippen LogP contribution is 2.39. The molecule has 2 N–H and O–H groups in total. The van der Waals surface area contributed by atoms with Crippen molar-refractivity contribution in [1.29, 1.82) is 0 Å². The van der Waals surface area contributed by atoms with Crippen molar-refractivity contribution in [2.45, 2.75) is 31.2 Å². The Labute approximate surface area is 119 Å². The highest BCUT2D eigenvalue weighted by Gasteiger charge is 2.31. The summed E-state index contributed by atoms with van der Waals surface area (Å²) >= 11 is 6.47. The second-order valence-electron chi connectivity index (χ2n) is 5.63. The van der Waals surface area contributed by atoms with Crippen molar-refractivity contribution in [1.82, 2.24) is 0 Å². The average molecular weight is 281 g/mol. The SMILES string of the molecule is NC1(c2ccc(N3CCOCC3)c(Cl)c2)CCCC1. The molecule has 1 saturated carbocycles. The van der Waals surface area contributed by atoms with Crippen LogP contribution in [0.2, 0.25) is 5.02 Å². The highest BCUT2D eigenvalue weighted by molar-refractivity contribution is 6.33. The van der Waals surface area contributed by atoms with E-state index in [0.29, 0.717) is 0 Å². The Bertz CT molecular complexity index is 451. The number of hydrogen-bond donors (Lipinski definition) is 1. The molecule has 19 heavy (non-hydrogen) atoms.